The van der Waals surface area contributed by atoms with E-state index in [4.69, 9.17) is 18.0 Å². The summed E-state index contributed by atoms with van der Waals surface area (Å²) in [5.41, 5.74) is 23.7. The average Bonchev–Trinajstić information content (AvgIpc) is 3.26. The van der Waals surface area contributed by atoms with Crippen LogP contribution in [0, 0.1) is 0 Å². The van der Waals surface area contributed by atoms with Gasteiger partial charge in [-0.2, -0.15) is 0 Å². The summed E-state index contributed by atoms with van der Waals surface area (Å²) >= 11 is 0. The molecule has 0 aliphatic carbocycles. The van der Waals surface area contributed by atoms with Crippen LogP contribution in [0.15, 0.2) is 231 Å². The van der Waals surface area contributed by atoms with E-state index in [1.165, 1.54) is 5.56 Å². The second-order valence-corrected chi connectivity index (χ2v) is 14.4. The Morgan fingerprint density at radius 2 is 1.25 bits per heavy atom. The van der Waals surface area contributed by atoms with Crippen LogP contribution in [-0.2, 0) is 17.4 Å². The lowest BCUT2D eigenvalue weighted by Gasteiger charge is -2.36. The van der Waals surface area contributed by atoms with Crippen molar-refractivity contribution in [3.05, 3.63) is 258 Å². The second-order valence-electron chi connectivity index (χ2n) is 14.4. The quantitative estimate of drug-likeness (QED) is 0.0865. The number of allylic oxidation sites excluding steroid dienone is 9. The number of anilines is 2. The van der Waals surface area contributed by atoms with Gasteiger partial charge in [0.15, 0.2) is 0 Å². The highest BCUT2D eigenvalue weighted by atomic mass is 14.9. The van der Waals surface area contributed by atoms with E-state index in [0.29, 0.717) is 13.0 Å². The molecule has 3 nitrogen and oxygen atoms in total. The molecule has 6 aromatic carbocycles. The van der Waals surface area contributed by atoms with Crippen LogP contribution in [0.1, 0.15) is 41.7 Å². The van der Waals surface area contributed by atoms with Crippen molar-refractivity contribution in [1.29, 1.82) is 0 Å². The molecule has 0 fully saturated rings. The topological polar surface area (TPSA) is 64.1 Å². The molecule has 0 heterocycles. The lowest BCUT2D eigenvalue weighted by molar-refractivity contribution is 0.559. The Labute approximate surface area is 339 Å². The summed E-state index contributed by atoms with van der Waals surface area (Å²) in [6.45, 7) is 9.49. The van der Waals surface area contributed by atoms with E-state index in [2.05, 4.69) is 170 Å². The fourth-order valence-corrected chi connectivity index (χ4v) is 7.40. The van der Waals surface area contributed by atoms with E-state index in [1.54, 1.807) is 0 Å². The summed E-state index contributed by atoms with van der Waals surface area (Å²) in [6, 6.07) is 57.2. The molecule has 0 aliphatic rings. The van der Waals surface area contributed by atoms with Crippen molar-refractivity contribution >= 4 is 16.9 Å². The number of nitrogens with one attached hydrogen (secondary N) is 1. The Morgan fingerprint density at radius 3 is 1.93 bits per heavy atom. The number of hydrogen-bond donors (Lipinski definition) is 3. The molecule has 284 valence electrons. The zero-order chi connectivity index (χ0) is 39.9. The van der Waals surface area contributed by atoms with Crippen molar-refractivity contribution in [2.45, 2.75) is 31.2 Å². The van der Waals surface area contributed by atoms with Gasteiger partial charge in [0, 0.05) is 23.3 Å². The summed E-state index contributed by atoms with van der Waals surface area (Å²) in [6.07, 6.45) is 19.2. The molecule has 57 heavy (non-hydrogen) atoms. The third-order valence-electron chi connectivity index (χ3n) is 10.5. The summed E-state index contributed by atoms with van der Waals surface area (Å²) in [4.78, 5) is 0. The highest BCUT2D eigenvalue weighted by molar-refractivity contribution is 5.80. The number of rotatable bonds is 16. The lowest BCUT2D eigenvalue weighted by atomic mass is 9.68. The van der Waals surface area contributed by atoms with Crippen molar-refractivity contribution in [2.75, 3.05) is 11.9 Å². The van der Waals surface area contributed by atoms with Gasteiger partial charge in [0.1, 0.15) is 0 Å². The van der Waals surface area contributed by atoms with Crippen LogP contribution in [0.4, 0.5) is 11.4 Å². The minimum absolute atomic E-state index is 0.472. The normalized spacial score (nSPS) is 14.3. The number of nitrogens with two attached hydrogens (primary N) is 2. The molecule has 0 radical (unpaired) electrons. The molecule has 6 rings (SSSR count). The Balaban J connectivity index is 1.46. The maximum Gasteiger partial charge on any atom is 0.0645 e. The molecular weight excluding hydrogens is 691 g/mol. The Hall–Kier alpha value is -6.52. The van der Waals surface area contributed by atoms with Crippen molar-refractivity contribution in [1.82, 2.24) is 0 Å². The van der Waals surface area contributed by atoms with Gasteiger partial charge in [-0.15, -0.1) is 0 Å². The molecule has 0 saturated heterocycles. The Morgan fingerprint density at radius 1 is 0.649 bits per heavy atom. The highest BCUT2D eigenvalue weighted by Crippen LogP contribution is 2.46. The summed E-state index contributed by atoms with van der Waals surface area (Å²) in [5, 5.41) is 3.71. The molecule has 0 bridgehead atoms. The minimum Gasteiger partial charge on any atom is -0.355 e. The van der Waals surface area contributed by atoms with E-state index < -0.39 is 11.0 Å². The monoisotopic (exact) mass is 743 g/mol. The first-order valence-corrected chi connectivity index (χ1v) is 19.6. The SMILES string of the molecule is C=C(/C=C\C=C/C)C(C)(c1ccccc1Nc1ccccc1)c1ccccc1-c1ccc(C(/C=C\C=C/CN)=C\C(N)(Cc2ccccc2)c2ccccc2)cc1. The molecule has 0 aromatic heterocycles. The van der Waals surface area contributed by atoms with Gasteiger partial charge in [0.25, 0.3) is 0 Å². The van der Waals surface area contributed by atoms with Crippen LogP contribution >= 0.6 is 0 Å². The lowest BCUT2D eigenvalue weighted by Crippen LogP contribution is -2.37. The minimum atomic E-state index is -0.769. The van der Waals surface area contributed by atoms with Gasteiger partial charge in [-0.25, -0.2) is 0 Å². The van der Waals surface area contributed by atoms with E-state index in [0.717, 1.165) is 55.9 Å². The van der Waals surface area contributed by atoms with Crippen LogP contribution in [0.5, 0.6) is 0 Å². The summed E-state index contributed by atoms with van der Waals surface area (Å²) in [5.74, 6) is 0. The maximum absolute atomic E-state index is 7.43. The maximum atomic E-state index is 7.43. The number of hydrogen-bond acceptors (Lipinski definition) is 3. The van der Waals surface area contributed by atoms with Gasteiger partial charge in [0.05, 0.1) is 5.54 Å². The Bertz CT molecular complexity index is 2370. The second kappa shape index (κ2) is 19.4. The standard InChI is InChI=1S/C54H53N3/c1-4-5-10-23-42(2)53(3,51-33-20-21-34-52(51)57-48-29-16-8-17-30-48)50-32-19-18-31-49(50)45-37-35-44(36-38-45)46(26-13-9-22-39-55)41-54(56,47-27-14-7-15-28-47)40-43-24-11-6-12-25-43/h4-38,41,57H,2,39-40,55-56H2,1,3H3/b5-4-,22-9-,23-10-,26-13-,46-41-. The molecule has 0 saturated carbocycles. The zero-order valence-corrected chi connectivity index (χ0v) is 33.1. The first-order chi connectivity index (χ1) is 27.9. The largest absolute Gasteiger partial charge is 0.355 e. The van der Waals surface area contributed by atoms with Crippen LogP contribution in [0.3, 0.4) is 0 Å². The Kier molecular flexibility index (Phi) is 13.6. The smallest absolute Gasteiger partial charge is 0.0645 e. The fraction of sp³-hybridized carbons (Fsp3) is 0.111. The zero-order valence-electron chi connectivity index (χ0n) is 33.1. The summed E-state index contributed by atoms with van der Waals surface area (Å²) < 4.78 is 0. The van der Waals surface area contributed by atoms with Crippen LogP contribution in [-0.4, -0.2) is 6.54 Å². The van der Waals surface area contributed by atoms with Crippen LogP contribution in [0.25, 0.3) is 16.7 Å². The third kappa shape index (κ3) is 9.84. The molecule has 6 aromatic rings. The molecule has 5 N–H and O–H groups in total. The van der Waals surface area contributed by atoms with Gasteiger partial charge in [-0.05, 0) is 88.6 Å². The third-order valence-corrected chi connectivity index (χ3v) is 10.5. The van der Waals surface area contributed by atoms with Gasteiger partial charge in [0.2, 0.25) is 0 Å². The predicted molar refractivity (Wildman–Crippen MR) is 245 cm³/mol. The molecule has 0 spiro atoms. The highest BCUT2D eigenvalue weighted by Gasteiger charge is 2.35. The average molecular weight is 744 g/mol. The first kappa shape index (κ1) is 40.2. The van der Waals surface area contributed by atoms with E-state index in [9.17, 15) is 0 Å². The summed E-state index contributed by atoms with van der Waals surface area (Å²) in [7, 11) is 0. The van der Waals surface area contributed by atoms with Crippen molar-refractivity contribution in [2.24, 2.45) is 11.5 Å². The molecular formula is C54H53N3. The first-order valence-electron chi connectivity index (χ1n) is 19.6. The van der Waals surface area contributed by atoms with Gasteiger partial charge in [-0.1, -0.05) is 207 Å². The molecule has 0 aliphatic heterocycles. The number of para-hydroxylation sites is 2. The molecule has 2 atom stereocenters. The predicted octanol–water partition coefficient (Wildman–Crippen LogP) is 12.6. The van der Waals surface area contributed by atoms with Gasteiger partial charge >= 0.3 is 0 Å². The van der Waals surface area contributed by atoms with E-state index >= 15 is 0 Å². The van der Waals surface area contributed by atoms with Crippen LogP contribution in [0.2, 0.25) is 0 Å². The van der Waals surface area contributed by atoms with Gasteiger partial charge < -0.3 is 16.8 Å². The molecule has 0 amide bonds. The van der Waals surface area contributed by atoms with Crippen molar-refractivity contribution in [3.8, 4) is 11.1 Å². The molecule has 2 unspecified atom stereocenters. The van der Waals surface area contributed by atoms with Gasteiger partial charge in [-0.3, -0.25) is 0 Å². The fourth-order valence-electron chi connectivity index (χ4n) is 7.40. The molecule has 3 heteroatoms. The number of benzene rings is 6. The van der Waals surface area contributed by atoms with Crippen molar-refractivity contribution in [3.63, 3.8) is 0 Å². The van der Waals surface area contributed by atoms with Crippen molar-refractivity contribution < 1.29 is 0 Å². The van der Waals surface area contributed by atoms with E-state index in [-0.39, 0.29) is 0 Å². The van der Waals surface area contributed by atoms with E-state index in [1.807, 2.05) is 67.6 Å². The van der Waals surface area contributed by atoms with Crippen LogP contribution < -0.4 is 16.8 Å².